The third-order valence-electron chi connectivity index (χ3n) is 2.42. The molecule has 1 unspecified atom stereocenters. The minimum atomic E-state index is 0.661. The van der Waals surface area contributed by atoms with Gasteiger partial charge in [0.15, 0.2) is 0 Å². The van der Waals surface area contributed by atoms with Gasteiger partial charge in [0, 0.05) is 5.92 Å². The van der Waals surface area contributed by atoms with Crippen molar-refractivity contribution in [3.8, 4) is 0 Å². The van der Waals surface area contributed by atoms with E-state index in [1.54, 1.807) is 0 Å². The number of quaternary nitrogens is 1. The van der Waals surface area contributed by atoms with Gasteiger partial charge in [0.25, 0.3) is 0 Å². The van der Waals surface area contributed by atoms with Crippen LogP contribution in [0.4, 0.5) is 0 Å². The molecule has 0 N–H and O–H groups in total. The molecule has 0 saturated heterocycles. The van der Waals surface area contributed by atoms with Crippen LogP contribution in [-0.4, -0.2) is 18.2 Å². The van der Waals surface area contributed by atoms with Crippen LogP contribution >= 0.6 is 0 Å². The average Bonchev–Trinajstić information content (AvgIpc) is 2.38. The van der Waals surface area contributed by atoms with Crippen LogP contribution in [0.25, 0.3) is 6.20 Å². The molecule has 14 heavy (non-hydrogen) atoms. The van der Waals surface area contributed by atoms with Gasteiger partial charge in [0.05, 0.1) is 12.3 Å². The Morgan fingerprint density at radius 2 is 2.00 bits per heavy atom. The lowest BCUT2D eigenvalue weighted by Crippen LogP contribution is -2.34. The molecule has 1 aliphatic rings. The first-order valence-electron chi connectivity index (χ1n) is 5.12. The topological polar surface area (TPSA) is 12.4 Å². The van der Waals surface area contributed by atoms with Crippen molar-refractivity contribution in [2.24, 2.45) is 11.0 Å². The number of rotatable bonds is 2. The summed E-state index contributed by atoms with van der Waals surface area (Å²) in [6, 6.07) is 8.31. The molecular formula is C12H17N2+. The Bertz CT molecular complexity index is 411. The molecule has 0 aromatic heterocycles. The van der Waals surface area contributed by atoms with Crippen molar-refractivity contribution in [3.05, 3.63) is 34.8 Å². The van der Waals surface area contributed by atoms with E-state index in [0.717, 1.165) is 11.9 Å². The summed E-state index contributed by atoms with van der Waals surface area (Å²) in [7, 11) is 2.15. The molecule has 1 aromatic carbocycles. The lowest BCUT2D eigenvalue weighted by Gasteiger charge is -2.22. The van der Waals surface area contributed by atoms with Gasteiger partial charge in [-0.1, -0.05) is 31.1 Å². The summed E-state index contributed by atoms with van der Waals surface area (Å²) in [5.41, 5.74) is 0. The van der Waals surface area contributed by atoms with Crippen molar-refractivity contribution in [2.75, 3.05) is 13.6 Å². The molecular weight excluding hydrogens is 172 g/mol. The van der Waals surface area contributed by atoms with Crippen LogP contribution in [0, 0.1) is 5.92 Å². The average molecular weight is 189 g/mol. The summed E-state index contributed by atoms with van der Waals surface area (Å²) < 4.78 is 0.691. The predicted octanol–water partition coefficient (Wildman–Crippen LogP) is 1.08. The summed E-state index contributed by atoms with van der Waals surface area (Å²) in [4.78, 5) is 0. The third-order valence-corrected chi connectivity index (χ3v) is 2.42. The summed E-state index contributed by atoms with van der Waals surface area (Å²) in [6.45, 7) is 5.53. The molecule has 0 radical (unpaired) electrons. The molecule has 2 nitrogen and oxygen atoms in total. The molecule has 0 fully saturated rings. The molecule has 0 bridgehead atoms. The van der Waals surface area contributed by atoms with Crippen LogP contribution in [-0.2, 0) is 0 Å². The molecule has 0 aliphatic carbocycles. The number of hydrogen-bond donors (Lipinski definition) is 0. The van der Waals surface area contributed by atoms with E-state index in [2.05, 4.69) is 45.3 Å². The molecule has 1 aromatic rings. The molecule has 0 amide bonds. The highest BCUT2D eigenvalue weighted by molar-refractivity contribution is 5.18. The smallest absolute Gasteiger partial charge is 0.132 e. The SMILES string of the molecule is CC(C)C[N+]1(C)C=c2ccccc2=N1. The largest absolute Gasteiger partial charge is 0.173 e. The Balaban J connectivity index is 2.43. The first-order valence-corrected chi connectivity index (χ1v) is 5.12. The summed E-state index contributed by atoms with van der Waals surface area (Å²) in [5.74, 6) is 0.661. The Morgan fingerprint density at radius 1 is 1.29 bits per heavy atom. The maximum atomic E-state index is 4.71. The van der Waals surface area contributed by atoms with Crippen LogP contribution < -0.4 is 10.6 Å². The lowest BCUT2D eigenvalue weighted by atomic mass is 10.2. The zero-order chi connectivity index (χ0) is 10.2. The fourth-order valence-corrected chi connectivity index (χ4v) is 2.10. The van der Waals surface area contributed by atoms with Crippen molar-refractivity contribution in [1.82, 2.24) is 0 Å². The predicted molar refractivity (Wildman–Crippen MR) is 57.6 cm³/mol. The van der Waals surface area contributed by atoms with Crippen LogP contribution in [0.5, 0.6) is 0 Å². The highest BCUT2D eigenvalue weighted by Gasteiger charge is 2.23. The fourth-order valence-electron chi connectivity index (χ4n) is 2.10. The monoisotopic (exact) mass is 189 g/mol. The molecule has 0 saturated carbocycles. The third kappa shape index (κ3) is 1.70. The van der Waals surface area contributed by atoms with E-state index in [9.17, 15) is 0 Å². The van der Waals surface area contributed by atoms with Crippen LogP contribution in [0.15, 0.2) is 29.4 Å². The van der Waals surface area contributed by atoms with E-state index in [4.69, 9.17) is 5.10 Å². The van der Waals surface area contributed by atoms with Gasteiger partial charge < -0.3 is 0 Å². The second-order valence-corrected chi connectivity index (χ2v) is 4.58. The molecule has 2 rings (SSSR count). The second-order valence-electron chi connectivity index (χ2n) is 4.58. The molecule has 1 aliphatic heterocycles. The van der Waals surface area contributed by atoms with E-state index in [-0.39, 0.29) is 0 Å². The summed E-state index contributed by atoms with van der Waals surface area (Å²) in [6.07, 6.45) is 2.23. The van der Waals surface area contributed by atoms with Gasteiger partial charge in [-0.05, 0) is 12.1 Å². The zero-order valence-corrected chi connectivity index (χ0v) is 9.07. The van der Waals surface area contributed by atoms with Gasteiger partial charge in [-0.15, -0.1) is 0 Å². The molecule has 1 atom stereocenters. The highest BCUT2D eigenvalue weighted by atomic mass is 15.6. The van der Waals surface area contributed by atoms with Gasteiger partial charge in [0.1, 0.15) is 18.1 Å². The van der Waals surface area contributed by atoms with E-state index in [1.165, 1.54) is 5.22 Å². The first kappa shape index (κ1) is 9.41. The van der Waals surface area contributed by atoms with E-state index in [1.807, 2.05) is 6.07 Å². The van der Waals surface area contributed by atoms with Crippen LogP contribution in [0.2, 0.25) is 0 Å². The molecule has 2 heteroatoms. The normalized spacial score (nSPS) is 24.3. The molecule has 1 heterocycles. The highest BCUT2D eigenvalue weighted by Crippen LogP contribution is 2.11. The van der Waals surface area contributed by atoms with Crippen molar-refractivity contribution in [3.63, 3.8) is 0 Å². The van der Waals surface area contributed by atoms with Crippen molar-refractivity contribution in [1.29, 1.82) is 0 Å². The van der Waals surface area contributed by atoms with E-state index < -0.39 is 0 Å². The number of fused-ring (bicyclic) bond motifs is 1. The zero-order valence-electron chi connectivity index (χ0n) is 9.07. The Hall–Kier alpha value is -1.15. The maximum absolute atomic E-state index is 4.71. The van der Waals surface area contributed by atoms with Gasteiger partial charge in [-0.25, -0.2) is 0 Å². The van der Waals surface area contributed by atoms with E-state index >= 15 is 0 Å². The first-order chi connectivity index (χ1) is 6.59. The van der Waals surface area contributed by atoms with Gasteiger partial charge >= 0.3 is 0 Å². The number of hydrogen-bond acceptors (Lipinski definition) is 1. The Labute approximate surface area is 84.8 Å². The van der Waals surface area contributed by atoms with Gasteiger partial charge in [0.2, 0.25) is 0 Å². The maximum Gasteiger partial charge on any atom is 0.132 e. The fraction of sp³-hybridized carbons (Fsp3) is 0.417. The molecule has 0 spiro atoms. The van der Waals surface area contributed by atoms with Crippen LogP contribution in [0.3, 0.4) is 0 Å². The molecule has 74 valence electrons. The summed E-state index contributed by atoms with van der Waals surface area (Å²) in [5, 5.41) is 7.09. The number of nitrogens with zero attached hydrogens (tertiary/aromatic N) is 2. The van der Waals surface area contributed by atoms with Crippen molar-refractivity contribution < 1.29 is 4.59 Å². The number of benzene rings is 1. The van der Waals surface area contributed by atoms with Gasteiger partial charge in [-0.2, -0.15) is 4.59 Å². The minimum absolute atomic E-state index is 0.661. The Kier molecular flexibility index (Phi) is 2.16. The van der Waals surface area contributed by atoms with Crippen molar-refractivity contribution in [2.45, 2.75) is 13.8 Å². The van der Waals surface area contributed by atoms with Crippen LogP contribution in [0.1, 0.15) is 13.8 Å². The van der Waals surface area contributed by atoms with E-state index in [0.29, 0.717) is 10.5 Å². The van der Waals surface area contributed by atoms with Crippen molar-refractivity contribution >= 4 is 6.20 Å². The Morgan fingerprint density at radius 3 is 2.64 bits per heavy atom. The lowest BCUT2D eigenvalue weighted by molar-refractivity contribution is -0.842. The van der Waals surface area contributed by atoms with Gasteiger partial charge in [-0.3, -0.25) is 0 Å². The minimum Gasteiger partial charge on any atom is -0.173 e. The summed E-state index contributed by atoms with van der Waals surface area (Å²) >= 11 is 0. The quantitative estimate of drug-likeness (QED) is 0.617. The standard InChI is InChI=1S/C12H17N2/c1-10(2)8-14(3)9-11-6-4-5-7-12(11)13-14/h4-7,9-10H,8H2,1-3H3/q+1. The second kappa shape index (κ2) is 3.21.